The number of aromatic nitrogens is 1. The quantitative estimate of drug-likeness (QED) is 0.830. The Morgan fingerprint density at radius 2 is 2.05 bits per heavy atom. The number of nitrogens with zero attached hydrogens (tertiary/aromatic N) is 2. The average Bonchev–Trinajstić information content (AvgIpc) is 2.54. The Kier molecular flexibility index (Phi) is 5.12. The molecule has 1 N–H and O–H groups in total. The molecular formula is C14H19N3O4S. The molecule has 0 unspecified atom stereocenters. The van der Waals surface area contributed by atoms with Crippen LogP contribution in [0.25, 0.3) is 0 Å². The first-order valence-electron chi connectivity index (χ1n) is 7.05. The molecule has 0 saturated carbocycles. The van der Waals surface area contributed by atoms with E-state index < -0.39 is 26.7 Å². The molecule has 1 aromatic heterocycles. The minimum absolute atomic E-state index is 0.143. The first-order valence-corrected chi connectivity index (χ1v) is 8.77. The van der Waals surface area contributed by atoms with Crippen molar-refractivity contribution in [3.8, 4) is 0 Å². The van der Waals surface area contributed by atoms with Crippen molar-refractivity contribution in [3.63, 3.8) is 0 Å². The van der Waals surface area contributed by atoms with Gasteiger partial charge >= 0.3 is 0 Å². The molecule has 0 atom stereocenters. The molecule has 1 aliphatic heterocycles. The van der Waals surface area contributed by atoms with Crippen molar-refractivity contribution in [1.29, 1.82) is 0 Å². The van der Waals surface area contributed by atoms with E-state index in [1.165, 1.54) is 13.2 Å². The maximum atomic E-state index is 12.3. The van der Waals surface area contributed by atoms with Gasteiger partial charge in [0.15, 0.2) is 9.84 Å². The molecule has 0 bridgehead atoms. The van der Waals surface area contributed by atoms with Gasteiger partial charge in [0.25, 0.3) is 5.91 Å². The molecule has 1 aliphatic rings. The van der Waals surface area contributed by atoms with Crippen LogP contribution in [0.5, 0.6) is 0 Å². The van der Waals surface area contributed by atoms with Gasteiger partial charge in [0.05, 0.1) is 10.8 Å². The normalized spacial score (nSPS) is 16.3. The Bertz CT molecular complexity index is 637. The summed E-state index contributed by atoms with van der Waals surface area (Å²) in [4.78, 5) is 29.1. The molecule has 22 heavy (non-hydrogen) atoms. The number of sulfone groups is 1. The predicted octanol–water partition coefficient (Wildman–Crippen LogP) is -0.153. The second-order valence-corrected chi connectivity index (χ2v) is 7.49. The summed E-state index contributed by atoms with van der Waals surface area (Å²) in [6.07, 6.45) is 3.79. The molecule has 2 rings (SSSR count). The molecule has 1 aromatic rings. The van der Waals surface area contributed by atoms with Gasteiger partial charge in [-0.3, -0.25) is 14.6 Å². The van der Waals surface area contributed by atoms with E-state index in [2.05, 4.69) is 10.3 Å². The molecule has 0 aliphatic carbocycles. The van der Waals surface area contributed by atoms with E-state index in [0.717, 1.165) is 0 Å². The van der Waals surface area contributed by atoms with Gasteiger partial charge in [0, 0.05) is 32.5 Å². The van der Waals surface area contributed by atoms with Gasteiger partial charge < -0.3 is 10.2 Å². The van der Waals surface area contributed by atoms with Crippen LogP contribution in [0.2, 0.25) is 0 Å². The van der Waals surface area contributed by atoms with Crippen LogP contribution < -0.4 is 5.32 Å². The third-order valence-corrected chi connectivity index (χ3v) is 5.91. The van der Waals surface area contributed by atoms with E-state index in [1.807, 2.05) is 0 Å². The minimum atomic E-state index is -3.47. The summed E-state index contributed by atoms with van der Waals surface area (Å²) in [5, 5.41) is 1.75. The maximum absolute atomic E-state index is 12.3. The summed E-state index contributed by atoms with van der Waals surface area (Å²) in [5.74, 6) is -1.14. The van der Waals surface area contributed by atoms with Crippen LogP contribution in [0.3, 0.4) is 0 Å². The highest BCUT2D eigenvalue weighted by Gasteiger charge is 2.33. The number of carbonyl (C=O) groups excluding carboxylic acids is 2. The van der Waals surface area contributed by atoms with E-state index in [1.54, 1.807) is 23.2 Å². The highest BCUT2D eigenvalue weighted by molar-refractivity contribution is 7.92. The molecule has 2 amide bonds. The monoisotopic (exact) mass is 325 g/mol. The van der Waals surface area contributed by atoms with Crippen molar-refractivity contribution in [1.82, 2.24) is 15.2 Å². The van der Waals surface area contributed by atoms with Gasteiger partial charge in [0.2, 0.25) is 5.91 Å². The van der Waals surface area contributed by atoms with Gasteiger partial charge in [-0.25, -0.2) is 8.42 Å². The van der Waals surface area contributed by atoms with Crippen LogP contribution >= 0.6 is 0 Å². The lowest BCUT2D eigenvalue weighted by Gasteiger charge is -2.31. The number of hydrogen-bond acceptors (Lipinski definition) is 5. The van der Waals surface area contributed by atoms with E-state index >= 15 is 0 Å². The molecule has 0 radical (unpaired) electrons. The van der Waals surface area contributed by atoms with E-state index in [0.29, 0.717) is 31.5 Å². The molecule has 1 saturated heterocycles. The lowest BCUT2D eigenvalue weighted by atomic mass is 10.1. The minimum Gasteiger partial charge on any atom is -0.358 e. The van der Waals surface area contributed by atoms with Crippen molar-refractivity contribution in [3.05, 3.63) is 30.1 Å². The zero-order valence-electron chi connectivity index (χ0n) is 12.4. The smallest absolute Gasteiger partial charge is 0.255 e. The van der Waals surface area contributed by atoms with Crippen molar-refractivity contribution in [2.24, 2.45) is 0 Å². The highest BCUT2D eigenvalue weighted by Crippen LogP contribution is 2.20. The summed E-state index contributed by atoms with van der Waals surface area (Å²) in [5.41, 5.74) is 0.495. The number of hydrogen-bond donors (Lipinski definition) is 1. The number of piperidine rings is 1. The van der Waals surface area contributed by atoms with Crippen LogP contribution in [-0.2, 0) is 14.6 Å². The Morgan fingerprint density at radius 1 is 1.36 bits per heavy atom. The van der Waals surface area contributed by atoms with E-state index in [-0.39, 0.29) is 5.91 Å². The molecule has 0 aromatic carbocycles. The van der Waals surface area contributed by atoms with Crippen LogP contribution in [0.4, 0.5) is 0 Å². The molecular weight excluding hydrogens is 306 g/mol. The fourth-order valence-electron chi connectivity index (χ4n) is 2.46. The first kappa shape index (κ1) is 16.4. The zero-order chi connectivity index (χ0) is 16.2. The van der Waals surface area contributed by atoms with Crippen LogP contribution in [0, 0.1) is 0 Å². The largest absolute Gasteiger partial charge is 0.358 e. The third-order valence-electron chi connectivity index (χ3n) is 3.76. The first-order chi connectivity index (χ1) is 10.4. The Hall–Kier alpha value is -1.96. The van der Waals surface area contributed by atoms with Crippen molar-refractivity contribution < 1.29 is 18.0 Å². The highest BCUT2D eigenvalue weighted by atomic mass is 32.2. The Labute approximate surface area is 129 Å². The lowest BCUT2D eigenvalue weighted by molar-refractivity contribution is -0.118. The predicted molar refractivity (Wildman–Crippen MR) is 81.0 cm³/mol. The molecule has 0 spiro atoms. The van der Waals surface area contributed by atoms with E-state index in [9.17, 15) is 18.0 Å². The van der Waals surface area contributed by atoms with Crippen molar-refractivity contribution in [2.75, 3.05) is 25.9 Å². The number of rotatable bonds is 4. The molecule has 2 heterocycles. The third kappa shape index (κ3) is 3.82. The standard InChI is InChI=1S/C14H19N3O4S/c1-15-13(18)10-22(20,21)12-4-7-17(8-5-12)14(19)11-3-2-6-16-9-11/h2-3,6,9,12H,4-5,7-8,10H2,1H3,(H,15,18). The number of amides is 2. The van der Waals surface area contributed by atoms with Gasteiger partial charge in [-0.05, 0) is 25.0 Å². The summed E-state index contributed by atoms with van der Waals surface area (Å²) >= 11 is 0. The van der Waals surface area contributed by atoms with Crippen molar-refractivity contribution >= 4 is 21.7 Å². The molecule has 120 valence electrons. The summed E-state index contributed by atoms with van der Waals surface area (Å²) in [7, 11) is -2.06. The number of pyridine rings is 1. The van der Waals surface area contributed by atoms with Gasteiger partial charge in [-0.1, -0.05) is 0 Å². The number of likely N-dealkylation sites (tertiary alicyclic amines) is 1. The van der Waals surface area contributed by atoms with Crippen molar-refractivity contribution in [2.45, 2.75) is 18.1 Å². The second-order valence-electron chi connectivity index (χ2n) is 5.21. The zero-order valence-corrected chi connectivity index (χ0v) is 13.2. The summed E-state index contributed by atoms with van der Waals surface area (Å²) in [6.45, 7) is 0.733. The molecule has 1 fully saturated rings. The summed E-state index contributed by atoms with van der Waals surface area (Å²) < 4.78 is 24.3. The van der Waals surface area contributed by atoms with Gasteiger partial charge in [-0.15, -0.1) is 0 Å². The average molecular weight is 325 g/mol. The Morgan fingerprint density at radius 3 is 2.59 bits per heavy atom. The van der Waals surface area contributed by atoms with Crippen LogP contribution in [-0.4, -0.2) is 61.3 Å². The fourth-order valence-corrected chi connectivity index (χ4v) is 4.14. The SMILES string of the molecule is CNC(=O)CS(=O)(=O)C1CCN(C(=O)c2cccnc2)CC1. The van der Waals surface area contributed by atoms with Gasteiger partial charge in [0.1, 0.15) is 5.75 Å². The second kappa shape index (κ2) is 6.87. The van der Waals surface area contributed by atoms with Crippen LogP contribution in [0.15, 0.2) is 24.5 Å². The summed E-state index contributed by atoms with van der Waals surface area (Å²) in [6, 6.07) is 3.37. The molecule has 8 heteroatoms. The molecule has 7 nitrogen and oxygen atoms in total. The number of nitrogens with one attached hydrogen (secondary N) is 1. The topological polar surface area (TPSA) is 96.4 Å². The van der Waals surface area contributed by atoms with Gasteiger partial charge in [-0.2, -0.15) is 0 Å². The Balaban J connectivity index is 1.96. The number of carbonyl (C=O) groups is 2. The van der Waals surface area contributed by atoms with Crippen LogP contribution in [0.1, 0.15) is 23.2 Å². The maximum Gasteiger partial charge on any atom is 0.255 e. The van der Waals surface area contributed by atoms with E-state index in [4.69, 9.17) is 0 Å². The lowest BCUT2D eigenvalue weighted by Crippen LogP contribution is -2.44. The fraction of sp³-hybridized carbons (Fsp3) is 0.500.